The average Bonchev–Trinajstić information content (AvgIpc) is 2.86. The number of hydrogen-bond acceptors (Lipinski definition) is 2. The summed E-state index contributed by atoms with van der Waals surface area (Å²) in [5.74, 6) is 0. The van der Waals surface area contributed by atoms with Gasteiger partial charge in [-0.05, 0) is 83.1 Å². The largest absolute Gasteiger partial charge is 0.488 e. The van der Waals surface area contributed by atoms with Crippen LogP contribution in [-0.2, 0) is 12.8 Å². The van der Waals surface area contributed by atoms with Gasteiger partial charge in [-0.3, -0.25) is 0 Å². The first-order valence-electron chi connectivity index (χ1n) is 11.7. The van der Waals surface area contributed by atoms with Gasteiger partial charge in [-0.1, -0.05) is 116 Å². The molecule has 2 nitrogen and oxygen atoms in total. The van der Waals surface area contributed by atoms with E-state index >= 15 is 0 Å². The Kier molecular flexibility index (Phi) is 12.1. The van der Waals surface area contributed by atoms with E-state index in [0.29, 0.717) is 5.46 Å². The van der Waals surface area contributed by atoms with Gasteiger partial charge in [0.05, 0.1) is 0 Å². The molecule has 0 unspecified atom stereocenters. The summed E-state index contributed by atoms with van der Waals surface area (Å²) < 4.78 is 1.37. The molecule has 0 radical (unpaired) electrons. The molecule has 34 heavy (non-hydrogen) atoms. The van der Waals surface area contributed by atoms with Gasteiger partial charge >= 0.3 is 7.12 Å². The number of hydrogen-bond donors (Lipinski definition) is 2. The number of aryl methyl sites for hydroxylation is 4. The van der Waals surface area contributed by atoms with Crippen LogP contribution in [0.3, 0.4) is 0 Å². The van der Waals surface area contributed by atoms with Crippen molar-refractivity contribution in [2.75, 3.05) is 0 Å². The summed E-state index contributed by atoms with van der Waals surface area (Å²) in [6, 6.07) is 32.9. The standard InChI is InChI=1S/C15H16.C8H9I.C7H9BO2/c1-3-13-6-4-5-7-15(13)14-10-8-12(2)9-11-14;1-2-7-5-3-4-6-8(7)9;1-6-2-4-7(5-3-6)8(9)10/h4-11H,3H2,1-2H3;3-6H,2H2,1H3;2-5,9-10H,1H3. The lowest BCUT2D eigenvalue weighted by Gasteiger charge is -2.07. The van der Waals surface area contributed by atoms with Gasteiger partial charge in [-0.15, -0.1) is 0 Å². The number of halogens is 1. The molecule has 0 bridgehead atoms. The molecular weight excluding hydrogens is 530 g/mol. The van der Waals surface area contributed by atoms with E-state index in [0.717, 1.165) is 18.4 Å². The molecule has 0 fully saturated rings. The summed E-state index contributed by atoms with van der Waals surface area (Å²) in [4.78, 5) is 0. The maximum Gasteiger partial charge on any atom is 0.488 e. The second-order valence-corrected chi connectivity index (χ2v) is 9.27. The first-order valence-corrected chi connectivity index (χ1v) is 12.7. The van der Waals surface area contributed by atoms with Crippen LogP contribution in [0, 0.1) is 17.4 Å². The molecular formula is C30H34BIO2. The second-order valence-electron chi connectivity index (χ2n) is 8.11. The third-order valence-electron chi connectivity index (χ3n) is 5.48. The quantitative estimate of drug-likeness (QED) is 0.213. The Labute approximate surface area is 219 Å². The van der Waals surface area contributed by atoms with Gasteiger partial charge in [0.25, 0.3) is 0 Å². The maximum atomic E-state index is 8.67. The molecule has 0 amide bonds. The van der Waals surface area contributed by atoms with Gasteiger partial charge < -0.3 is 10.0 Å². The Bertz CT molecular complexity index is 1120. The van der Waals surface area contributed by atoms with Crippen LogP contribution in [0.25, 0.3) is 11.1 Å². The molecule has 0 aliphatic heterocycles. The van der Waals surface area contributed by atoms with Gasteiger partial charge in [0, 0.05) is 3.57 Å². The van der Waals surface area contributed by atoms with Crippen LogP contribution in [-0.4, -0.2) is 17.2 Å². The smallest absolute Gasteiger partial charge is 0.423 e. The van der Waals surface area contributed by atoms with Crippen molar-refractivity contribution in [3.8, 4) is 11.1 Å². The Morgan fingerprint density at radius 1 is 0.618 bits per heavy atom. The first kappa shape index (κ1) is 27.8. The SMILES string of the molecule is CCc1ccccc1-c1ccc(C)cc1.CCc1ccccc1I.Cc1ccc(B(O)O)cc1. The van der Waals surface area contributed by atoms with Crippen molar-refractivity contribution in [1.82, 2.24) is 0 Å². The highest BCUT2D eigenvalue weighted by Gasteiger charge is 2.08. The molecule has 176 valence electrons. The van der Waals surface area contributed by atoms with Crippen molar-refractivity contribution >= 4 is 35.2 Å². The highest BCUT2D eigenvalue weighted by Crippen LogP contribution is 2.24. The molecule has 0 aromatic heterocycles. The summed E-state index contributed by atoms with van der Waals surface area (Å²) in [5, 5.41) is 17.3. The minimum Gasteiger partial charge on any atom is -0.423 e. The minimum absolute atomic E-state index is 0.533. The third kappa shape index (κ3) is 9.09. The molecule has 4 heteroatoms. The van der Waals surface area contributed by atoms with Crippen LogP contribution in [0.5, 0.6) is 0 Å². The molecule has 4 aromatic rings. The van der Waals surface area contributed by atoms with E-state index in [-0.39, 0.29) is 0 Å². The summed E-state index contributed by atoms with van der Waals surface area (Å²) in [5.41, 5.74) is 8.50. The predicted molar refractivity (Wildman–Crippen MR) is 156 cm³/mol. The summed E-state index contributed by atoms with van der Waals surface area (Å²) in [6.45, 7) is 8.45. The minimum atomic E-state index is -1.35. The summed E-state index contributed by atoms with van der Waals surface area (Å²) >= 11 is 2.36. The Morgan fingerprint density at radius 2 is 1.09 bits per heavy atom. The molecule has 2 N–H and O–H groups in total. The van der Waals surface area contributed by atoms with Crippen LogP contribution in [0.4, 0.5) is 0 Å². The average molecular weight is 564 g/mol. The van der Waals surface area contributed by atoms with Crippen molar-refractivity contribution in [3.63, 3.8) is 0 Å². The fourth-order valence-electron chi connectivity index (χ4n) is 3.37. The van der Waals surface area contributed by atoms with Crippen LogP contribution >= 0.6 is 22.6 Å². The van der Waals surface area contributed by atoms with Crippen LogP contribution in [0.15, 0.2) is 97.1 Å². The van der Waals surface area contributed by atoms with Gasteiger partial charge in [0.1, 0.15) is 0 Å². The van der Waals surface area contributed by atoms with E-state index in [2.05, 4.69) is 116 Å². The van der Waals surface area contributed by atoms with Crippen LogP contribution in [0.1, 0.15) is 36.1 Å². The normalized spacial score (nSPS) is 9.85. The van der Waals surface area contributed by atoms with Gasteiger partial charge in [0.2, 0.25) is 0 Å². The van der Waals surface area contributed by atoms with Gasteiger partial charge in [0.15, 0.2) is 0 Å². The van der Waals surface area contributed by atoms with Gasteiger partial charge in [-0.25, -0.2) is 0 Å². The van der Waals surface area contributed by atoms with E-state index in [1.807, 2.05) is 19.1 Å². The van der Waals surface area contributed by atoms with E-state index in [1.54, 1.807) is 12.1 Å². The molecule has 4 aromatic carbocycles. The monoisotopic (exact) mass is 564 g/mol. The van der Waals surface area contributed by atoms with Gasteiger partial charge in [-0.2, -0.15) is 0 Å². The molecule has 4 rings (SSSR count). The number of rotatable bonds is 4. The maximum absolute atomic E-state index is 8.67. The van der Waals surface area contributed by atoms with Crippen LogP contribution in [0.2, 0.25) is 0 Å². The molecule has 0 aliphatic carbocycles. The first-order chi connectivity index (χ1) is 16.3. The molecule has 0 aliphatic rings. The van der Waals surface area contributed by atoms with E-state index in [4.69, 9.17) is 10.0 Å². The Hall–Kier alpha value is -2.41. The number of benzene rings is 4. The molecule has 0 atom stereocenters. The fourth-order valence-corrected chi connectivity index (χ4v) is 4.14. The predicted octanol–water partition coefficient (Wildman–Crippen LogP) is 6.75. The topological polar surface area (TPSA) is 40.5 Å². The Morgan fingerprint density at radius 3 is 1.56 bits per heavy atom. The van der Waals surface area contributed by atoms with Crippen LogP contribution < -0.4 is 5.46 Å². The zero-order valence-corrected chi connectivity index (χ0v) is 22.7. The molecule has 0 spiro atoms. The lowest BCUT2D eigenvalue weighted by Crippen LogP contribution is -2.29. The van der Waals surface area contributed by atoms with E-state index < -0.39 is 7.12 Å². The van der Waals surface area contributed by atoms with Crippen molar-refractivity contribution in [2.24, 2.45) is 0 Å². The van der Waals surface area contributed by atoms with Crippen molar-refractivity contribution in [2.45, 2.75) is 40.5 Å². The summed E-state index contributed by atoms with van der Waals surface area (Å²) in [7, 11) is -1.35. The van der Waals surface area contributed by atoms with E-state index in [1.165, 1.54) is 31.4 Å². The van der Waals surface area contributed by atoms with Crippen molar-refractivity contribution in [1.29, 1.82) is 0 Å². The Balaban J connectivity index is 0.000000189. The highest BCUT2D eigenvalue weighted by molar-refractivity contribution is 14.1. The molecule has 0 saturated carbocycles. The van der Waals surface area contributed by atoms with E-state index in [9.17, 15) is 0 Å². The highest BCUT2D eigenvalue weighted by atomic mass is 127. The van der Waals surface area contributed by atoms with Crippen molar-refractivity contribution in [3.05, 3.63) is 123 Å². The fraction of sp³-hybridized carbons (Fsp3) is 0.200. The zero-order chi connectivity index (χ0) is 24.9. The zero-order valence-electron chi connectivity index (χ0n) is 20.5. The molecule has 0 saturated heterocycles. The van der Waals surface area contributed by atoms with Crippen molar-refractivity contribution < 1.29 is 10.0 Å². The lowest BCUT2D eigenvalue weighted by atomic mass is 9.80. The third-order valence-corrected chi connectivity index (χ3v) is 6.53. The summed E-state index contributed by atoms with van der Waals surface area (Å²) in [6.07, 6.45) is 2.23. The molecule has 0 heterocycles. The lowest BCUT2D eigenvalue weighted by molar-refractivity contribution is 0.426. The second kappa shape index (κ2) is 14.8.